The topological polar surface area (TPSA) is 96.2 Å². The van der Waals surface area contributed by atoms with Crippen molar-refractivity contribution in [1.82, 2.24) is 13.5 Å². The van der Waals surface area contributed by atoms with Crippen LogP contribution < -0.4 is 0 Å². The predicted molar refractivity (Wildman–Crippen MR) is 105 cm³/mol. The Morgan fingerprint density at radius 1 is 1.04 bits per heavy atom. The second-order valence-electron chi connectivity index (χ2n) is 7.50. The van der Waals surface area contributed by atoms with Crippen molar-refractivity contribution < 1.29 is 18.1 Å². The number of rotatable bonds is 6. The lowest BCUT2D eigenvalue weighted by Crippen LogP contribution is -2.57. The minimum absolute atomic E-state index is 0.0920. The lowest BCUT2D eigenvalue weighted by Gasteiger charge is -2.40. The van der Waals surface area contributed by atoms with Crippen molar-refractivity contribution in [3.63, 3.8) is 0 Å². The molecule has 0 aromatic heterocycles. The summed E-state index contributed by atoms with van der Waals surface area (Å²) in [5.74, 6) is 0. The number of nitro groups is 1. The molecule has 2 unspecified atom stereocenters. The molecule has 2 heterocycles. The van der Waals surface area contributed by atoms with Crippen LogP contribution in [0.4, 0.5) is 5.69 Å². The number of ether oxygens (including phenoxy) is 1. The van der Waals surface area contributed by atoms with Crippen molar-refractivity contribution in [3.05, 3.63) is 39.9 Å². The fraction of sp³-hybridized carbons (Fsp3) is 0.667. The Hall–Kier alpha value is -1.59. The van der Waals surface area contributed by atoms with Crippen LogP contribution in [0.5, 0.6) is 0 Å². The second-order valence-corrected chi connectivity index (χ2v) is 9.42. The lowest BCUT2D eigenvalue weighted by atomic mass is 10.1. The molecule has 10 heteroatoms. The minimum atomic E-state index is -3.46. The summed E-state index contributed by atoms with van der Waals surface area (Å²) in [5, 5.41) is 10.7. The summed E-state index contributed by atoms with van der Waals surface area (Å²) in [6.45, 7) is 7.70. The highest BCUT2D eigenvalue weighted by atomic mass is 32.2. The van der Waals surface area contributed by atoms with E-state index in [9.17, 15) is 18.5 Å². The predicted octanol–water partition coefficient (Wildman–Crippen LogP) is 1.11. The van der Waals surface area contributed by atoms with Crippen molar-refractivity contribution in [2.75, 3.05) is 45.8 Å². The van der Waals surface area contributed by atoms with E-state index in [-0.39, 0.29) is 17.9 Å². The van der Waals surface area contributed by atoms with Crippen molar-refractivity contribution in [1.29, 1.82) is 0 Å². The third-order valence-corrected chi connectivity index (χ3v) is 7.20. The SMILES string of the molecule is CC1CN(S(=O)(=O)N2CCN(CCc3ccc([N+](=O)[O-])cc3)CC2)CC(C)O1. The quantitative estimate of drug-likeness (QED) is 0.513. The number of hydrogen-bond acceptors (Lipinski definition) is 6. The summed E-state index contributed by atoms with van der Waals surface area (Å²) < 4.78 is 34.6. The standard InChI is InChI=1S/C18H28N4O5S/c1-15-13-21(14-16(2)27-15)28(25,26)20-11-9-19(10-12-20)8-7-17-3-5-18(6-4-17)22(23)24/h3-6,15-16H,7-14H2,1-2H3. The van der Waals surface area contributed by atoms with E-state index in [0.29, 0.717) is 39.3 Å². The highest BCUT2D eigenvalue weighted by Gasteiger charge is 2.36. The van der Waals surface area contributed by atoms with Crippen LogP contribution in [-0.4, -0.2) is 84.9 Å². The van der Waals surface area contributed by atoms with E-state index < -0.39 is 15.1 Å². The molecule has 0 radical (unpaired) electrons. The molecule has 1 aromatic rings. The third kappa shape index (κ3) is 5.06. The summed E-state index contributed by atoms with van der Waals surface area (Å²) in [5.41, 5.74) is 1.13. The Morgan fingerprint density at radius 3 is 2.14 bits per heavy atom. The molecular formula is C18H28N4O5S. The summed E-state index contributed by atoms with van der Waals surface area (Å²) >= 11 is 0. The minimum Gasteiger partial charge on any atom is -0.373 e. The maximum absolute atomic E-state index is 12.9. The van der Waals surface area contributed by atoms with Crippen LogP contribution in [0.2, 0.25) is 0 Å². The monoisotopic (exact) mass is 412 g/mol. The Labute approximate surface area is 166 Å². The molecule has 0 aliphatic carbocycles. The van der Waals surface area contributed by atoms with E-state index in [0.717, 1.165) is 18.5 Å². The second kappa shape index (κ2) is 8.83. The van der Waals surface area contributed by atoms with Crippen LogP contribution in [0.15, 0.2) is 24.3 Å². The van der Waals surface area contributed by atoms with E-state index in [1.54, 1.807) is 20.7 Å². The van der Waals surface area contributed by atoms with E-state index >= 15 is 0 Å². The van der Waals surface area contributed by atoms with Crippen LogP contribution in [0, 0.1) is 10.1 Å². The number of benzene rings is 1. The Balaban J connectivity index is 1.49. The van der Waals surface area contributed by atoms with Gasteiger partial charge in [0.05, 0.1) is 17.1 Å². The Morgan fingerprint density at radius 2 is 1.61 bits per heavy atom. The van der Waals surface area contributed by atoms with Gasteiger partial charge in [-0.3, -0.25) is 10.1 Å². The van der Waals surface area contributed by atoms with Gasteiger partial charge < -0.3 is 9.64 Å². The summed E-state index contributed by atoms with van der Waals surface area (Å²) in [6, 6.07) is 6.59. The van der Waals surface area contributed by atoms with Crippen molar-refractivity contribution >= 4 is 15.9 Å². The average molecular weight is 413 g/mol. The normalized spacial score (nSPS) is 25.6. The maximum atomic E-state index is 12.9. The first-order chi connectivity index (χ1) is 13.3. The van der Waals surface area contributed by atoms with Gasteiger partial charge in [-0.25, -0.2) is 0 Å². The van der Waals surface area contributed by atoms with E-state index in [1.807, 2.05) is 13.8 Å². The van der Waals surface area contributed by atoms with Gasteiger partial charge in [-0.05, 0) is 25.8 Å². The van der Waals surface area contributed by atoms with E-state index in [1.165, 1.54) is 12.1 Å². The zero-order valence-corrected chi connectivity index (χ0v) is 17.2. The molecule has 0 bridgehead atoms. The highest BCUT2D eigenvalue weighted by molar-refractivity contribution is 7.86. The smallest absolute Gasteiger partial charge is 0.282 e. The molecule has 0 saturated carbocycles. The van der Waals surface area contributed by atoms with Crippen LogP contribution >= 0.6 is 0 Å². The van der Waals surface area contributed by atoms with Gasteiger partial charge >= 0.3 is 0 Å². The number of nitro benzene ring substituents is 1. The van der Waals surface area contributed by atoms with Crippen LogP contribution in [0.1, 0.15) is 19.4 Å². The van der Waals surface area contributed by atoms with Gasteiger partial charge in [0, 0.05) is 57.9 Å². The van der Waals surface area contributed by atoms with Crippen molar-refractivity contribution in [2.24, 2.45) is 0 Å². The zero-order chi connectivity index (χ0) is 20.3. The van der Waals surface area contributed by atoms with Gasteiger partial charge in [0.25, 0.3) is 15.9 Å². The fourth-order valence-electron chi connectivity index (χ4n) is 3.74. The molecule has 2 fully saturated rings. The molecule has 2 saturated heterocycles. The van der Waals surface area contributed by atoms with Crippen molar-refractivity contribution in [2.45, 2.75) is 32.5 Å². The molecule has 3 rings (SSSR count). The number of piperazine rings is 1. The molecule has 9 nitrogen and oxygen atoms in total. The fourth-order valence-corrected chi connectivity index (χ4v) is 5.49. The third-order valence-electron chi connectivity index (χ3n) is 5.23. The summed E-state index contributed by atoms with van der Waals surface area (Å²) in [6.07, 6.45) is 0.589. The molecule has 156 valence electrons. The van der Waals surface area contributed by atoms with E-state index in [4.69, 9.17) is 4.74 Å². The van der Waals surface area contributed by atoms with Gasteiger partial charge in [0.1, 0.15) is 0 Å². The van der Waals surface area contributed by atoms with Gasteiger partial charge in [-0.15, -0.1) is 0 Å². The van der Waals surface area contributed by atoms with Crippen molar-refractivity contribution in [3.8, 4) is 0 Å². The highest BCUT2D eigenvalue weighted by Crippen LogP contribution is 2.19. The first kappa shape index (κ1) is 21.1. The molecule has 1 aromatic carbocycles. The number of morpholine rings is 1. The summed E-state index contributed by atoms with van der Waals surface area (Å²) in [4.78, 5) is 12.5. The lowest BCUT2D eigenvalue weighted by molar-refractivity contribution is -0.384. The van der Waals surface area contributed by atoms with Gasteiger partial charge in [-0.1, -0.05) is 12.1 Å². The van der Waals surface area contributed by atoms with Crippen LogP contribution in [0.3, 0.4) is 0 Å². The molecule has 28 heavy (non-hydrogen) atoms. The average Bonchev–Trinajstić information content (AvgIpc) is 2.66. The first-order valence-electron chi connectivity index (χ1n) is 9.62. The van der Waals surface area contributed by atoms with Crippen LogP contribution in [-0.2, 0) is 21.4 Å². The molecule has 2 aliphatic heterocycles. The number of non-ortho nitro benzene ring substituents is 1. The maximum Gasteiger partial charge on any atom is 0.282 e. The van der Waals surface area contributed by atoms with E-state index in [2.05, 4.69) is 4.90 Å². The first-order valence-corrected chi connectivity index (χ1v) is 11.0. The molecule has 0 spiro atoms. The van der Waals surface area contributed by atoms with Gasteiger partial charge in [-0.2, -0.15) is 17.0 Å². The van der Waals surface area contributed by atoms with Gasteiger partial charge in [0.2, 0.25) is 0 Å². The zero-order valence-electron chi connectivity index (χ0n) is 16.4. The van der Waals surface area contributed by atoms with Crippen LogP contribution in [0.25, 0.3) is 0 Å². The Kier molecular flexibility index (Phi) is 6.66. The molecule has 2 atom stereocenters. The summed E-state index contributed by atoms with van der Waals surface area (Å²) in [7, 11) is -3.46. The largest absolute Gasteiger partial charge is 0.373 e. The molecule has 0 amide bonds. The number of hydrogen-bond donors (Lipinski definition) is 0. The molecular weight excluding hydrogens is 384 g/mol. The molecule has 2 aliphatic rings. The Bertz CT molecular complexity index is 768. The molecule has 0 N–H and O–H groups in total. The van der Waals surface area contributed by atoms with Gasteiger partial charge in [0.15, 0.2) is 0 Å². The number of nitrogens with zero attached hydrogens (tertiary/aromatic N) is 4.